The maximum atomic E-state index is 12.8. The molecule has 35 heavy (non-hydrogen) atoms. The first-order valence-electron chi connectivity index (χ1n) is 11.8. The number of hydrogen-bond donors (Lipinski definition) is 0. The van der Waals surface area contributed by atoms with E-state index in [9.17, 15) is 4.57 Å². The molecule has 0 aliphatic rings. The van der Waals surface area contributed by atoms with Crippen LogP contribution < -0.4 is 0 Å². The van der Waals surface area contributed by atoms with Gasteiger partial charge in [-0.3, -0.25) is 4.57 Å². The second kappa shape index (κ2) is 10.3. The highest BCUT2D eigenvalue weighted by Crippen LogP contribution is 2.51. The lowest BCUT2D eigenvalue weighted by Gasteiger charge is -2.17. The molecule has 2 aromatic heterocycles. The van der Waals surface area contributed by atoms with Gasteiger partial charge in [0.2, 0.25) is 0 Å². The normalized spacial score (nSPS) is 12.1. The maximum absolute atomic E-state index is 12.8. The molecule has 0 radical (unpaired) electrons. The van der Waals surface area contributed by atoms with Crippen molar-refractivity contribution in [2.45, 2.75) is 33.4 Å². The Kier molecular flexibility index (Phi) is 7.14. The topological polar surface area (TPSA) is 61.3 Å². The van der Waals surface area contributed by atoms with Gasteiger partial charge in [0.1, 0.15) is 10.0 Å². The van der Waals surface area contributed by atoms with E-state index in [-0.39, 0.29) is 6.16 Å². The van der Waals surface area contributed by atoms with E-state index in [2.05, 4.69) is 43.3 Å². The van der Waals surface area contributed by atoms with Gasteiger partial charge in [0, 0.05) is 11.1 Å². The summed E-state index contributed by atoms with van der Waals surface area (Å²) in [4.78, 5) is 9.79. The molecule has 5 aromatic rings. The molecular formula is C27H27N2O3PS2. The largest absolute Gasteiger partial charge is 0.335 e. The van der Waals surface area contributed by atoms with Crippen LogP contribution in [0.4, 0.5) is 0 Å². The average molecular weight is 523 g/mol. The molecule has 2 heterocycles. The smallest absolute Gasteiger partial charge is 0.309 e. The zero-order chi connectivity index (χ0) is 24.4. The fourth-order valence-electron chi connectivity index (χ4n) is 3.98. The molecule has 0 spiro atoms. The van der Waals surface area contributed by atoms with E-state index in [4.69, 9.17) is 19.0 Å². The predicted molar refractivity (Wildman–Crippen MR) is 148 cm³/mol. The summed E-state index contributed by atoms with van der Waals surface area (Å²) in [5.74, 6) is 0. The van der Waals surface area contributed by atoms with Crippen molar-refractivity contribution in [3.05, 3.63) is 71.8 Å². The monoisotopic (exact) mass is 522 g/mol. The van der Waals surface area contributed by atoms with Gasteiger partial charge in [-0.15, -0.1) is 22.7 Å². The SMILES string of the molecule is CCOP(=O)(Cc1ccc(-c2nc3cc4sc(-c5ccc(CC)cc5)nc4cc3s2)cc1)OCC. The van der Waals surface area contributed by atoms with Gasteiger partial charge in [-0.05, 0) is 43.5 Å². The van der Waals surface area contributed by atoms with Gasteiger partial charge in [-0.2, -0.15) is 0 Å². The minimum absolute atomic E-state index is 0.264. The van der Waals surface area contributed by atoms with Crippen LogP contribution in [0, 0.1) is 0 Å². The van der Waals surface area contributed by atoms with E-state index in [1.54, 1.807) is 22.7 Å². The van der Waals surface area contributed by atoms with Crippen LogP contribution in [0.5, 0.6) is 0 Å². The molecule has 0 aliphatic carbocycles. The van der Waals surface area contributed by atoms with Crippen molar-refractivity contribution in [1.82, 2.24) is 9.97 Å². The van der Waals surface area contributed by atoms with Gasteiger partial charge in [0.25, 0.3) is 0 Å². The fraction of sp³-hybridized carbons (Fsp3) is 0.259. The third kappa shape index (κ3) is 5.25. The minimum atomic E-state index is -3.12. The quantitative estimate of drug-likeness (QED) is 0.181. The Morgan fingerprint density at radius 2 is 1.17 bits per heavy atom. The van der Waals surface area contributed by atoms with E-state index in [0.717, 1.165) is 53.6 Å². The second-order valence-electron chi connectivity index (χ2n) is 8.18. The molecule has 0 saturated carbocycles. The van der Waals surface area contributed by atoms with Crippen molar-refractivity contribution in [3.63, 3.8) is 0 Å². The van der Waals surface area contributed by atoms with Crippen molar-refractivity contribution in [1.29, 1.82) is 0 Å². The molecule has 0 N–H and O–H groups in total. The van der Waals surface area contributed by atoms with Crippen molar-refractivity contribution >= 4 is 50.7 Å². The summed E-state index contributed by atoms with van der Waals surface area (Å²) in [5, 5.41) is 1.99. The molecule has 0 saturated heterocycles. The number of rotatable bonds is 9. The van der Waals surface area contributed by atoms with Gasteiger partial charge in [-0.25, -0.2) is 9.97 Å². The first-order valence-corrected chi connectivity index (χ1v) is 15.1. The van der Waals surface area contributed by atoms with Crippen LogP contribution in [0.25, 0.3) is 41.6 Å². The zero-order valence-electron chi connectivity index (χ0n) is 20.0. The third-order valence-electron chi connectivity index (χ3n) is 5.74. The van der Waals surface area contributed by atoms with Crippen molar-refractivity contribution < 1.29 is 13.6 Å². The molecule has 180 valence electrons. The Morgan fingerprint density at radius 3 is 1.60 bits per heavy atom. The molecule has 3 aromatic carbocycles. The Morgan fingerprint density at radius 1 is 0.714 bits per heavy atom. The number of aryl methyl sites for hydroxylation is 1. The second-order valence-corrected chi connectivity index (χ2v) is 12.3. The van der Waals surface area contributed by atoms with Crippen LogP contribution in [-0.2, 0) is 26.2 Å². The predicted octanol–water partition coefficient (Wildman–Crippen LogP) is 8.57. The van der Waals surface area contributed by atoms with Crippen molar-refractivity contribution in [2.24, 2.45) is 0 Å². The molecule has 0 bridgehead atoms. The van der Waals surface area contributed by atoms with Crippen molar-refractivity contribution in [3.8, 4) is 21.1 Å². The summed E-state index contributed by atoms with van der Waals surface area (Å²) in [6.45, 7) is 6.54. The van der Waals surface area contributed by atoms with E-state index >= 15 is 0 Å². The molecule has 0 unspecified atom stereocenters. The minimum Gasteiger partial charge on any atom is -0.309 e. The molecule has 5 nitrogen and oxygen atoms in total. The number of nitrogens with zero attached hydrogens (tertiary/aromatic N) is 2. The summed E-state index contributed by atoms with van der Waals surface area (Å²) < 4.78 is 25.9. The molecular weight excluding hydrogens is 495 g/mol. The highest BCUT2D eigenvalue weighted by atomic mass is 32.1. The summed E-state index contributed by atoms with van der Waals surface area (Å²) in [5.41, 5.74) is 6.42. The molecule has 0 atom stereocenters. The van der Waals surface area contributed by atoms with Crippen LogP contribution >= 0.6 is 30.3 Å². The summed E-state index contributed by atoms with van der Waals surface area (Å²) in [6, 6.07) is 20.9. The Balaban J connectivity index is 1.39. The van der Waals surface area contributed by atoms with Crippen LogP contribution in [0.1, 0.15) is 31.9 Å². The lowest BCUT2D eigenvalue weighted by Crippen LogP contribution is -1.99. The van der Waals surface area contributed by atoms with Gasteiger partial charge in [0.15, 0.2) is 0 Å². The maximum Gasteiger partial charge on any atom is 0.335 e. The lowest BCUT2D eigenvalue weighted by atomic mass is 10.1. The molecule has 8 heteroatoms. The van der Waals surface area contributed by atoms with Crippen molar-refractivity contribution in [2.75, 3.05) is 13.2 Å². The highest BCUT2D eigenvalue weighted by Gasteiger charge is 2.24. The molecule has 5 rings (SSSR count). The third-order valence-corrected chi connectivity index (χ3v) is 9.93. The van der Waals surface area contributed by atoms with E-state index in [1.807, 2.05) is 38.1 Å². The van der Waals surface area contributed by atoms with Crippen LogP contribution in [0.15, 0.2) is 60.7 Å². The summed E-state index contributed by atoms with van der Waals surface area (Å²) in [7, 11) is -3.12. The van der Waals surface area contributed by atoms with E-state index < -0.39 is 7.60 Å². The molecule has 0 amide bonds. The van der Waals surface area contributed by atoms with Gasteiger partial charge < -0.3 is 9.05 Å². The Bertz CT molecular complexity index is 1450. The fourth-order valence-corrected chi connectivity index (χ4v) is 7.65. The van der Waals surface area contributed by atoms with E-state index in [1.165, 1.54) is 5.56 Å². The van der Waals surface area contributed by atoms with Crippen LogP contribution in [-0.4, -0.2) is 23.2 Å². The highest BCUT2D eigenvalue weighted by molar-refractivity contribution is 7.53. The van der Waals surface area contributed by atoms with E-state index in [0.29, 0.717) is 13.2 Å². The van der Waals surface area contributed by atoms with Crippen LogP contribution in [0.3, 0.4) is 0 Å². The number of hydrogen-bond acceptors (Lipinski definition) is 7. The number of benzene rings is 3. The molecule has 0 aliphatic heterocycles. The first kappa shape index (κ1) is 24.3. The zero-order valence-corrected chi connectivity index (χ0v) is 22.5. The van der Waals surface area contributed by atoms with Gasteiger partial charge >= 0.3 is 7.60 Å². The average Bonchev–Trinajstić information content (AvgIpc) is 3.46. The lowest BCUT2D eigenvalue weighted by molar-refractivity contribution is 0.219. The number of aromatic nitrogens is 2. The number of thiazole rings is 2. The summed E-state index contributed by atoms with van der Waals surface area (Å²) in [6.07, 6.45) is 1.30. The first-order chi connectivity index (χ1) is 17.0. The molecule has 0 fully saturated rings. The Labute approximate surface area is 213 Å². The summed E-state index contributed by atoms with van der Waals surface area (Å²) >= 11 is 3.36. The van der Waals surface area contributed by atoms with Gasteiger partial charge in [0.05, 0.1) is 39.8 Å². The van der Waals surface area contributed by atoms with Crippen LogP contribution in [0.2, 0.25) is 0 Å². The Hall–Kier alpha value is -2.41. The van der Waals surface area contributed by atoms with Gasteiger partial charge in [-0.1, -0.05) is 55.5 Å². The standard InChI is InChI=1S/C27H27N2O3PS2/c1-4-18-7-11-20(12-8-18)26-28-22-15-25-23(16-24(22)34-26)29-27(35-25)21-13-9-19(10-14-21)17-33(30,31-5-2)32-6-3/h7-16H,4-6,17H2,1-3H3. The number of fused-ring (bicyclic) bond motifs is 2.